The second kappa shape index (κ2) is 6.92. The summed E-state index contributed by atoms with van der Waals surface area (Å²) >= 11 is 6.44. The minimum atomic E-state index is 0.296. The number of hydrogen-bond acceptors (Lipinski definition) is 3. The van der Waals surface area contributed by atoms with Crippen molar-refractivity contribution >= 4 is 11.6 Å². The molecule has 3 atom stereocenters. The molecule has 0 aromatic carbocycles. The average Bonchev–Trinajstić information content (AvgIpc) is 3.02. The van der Waals surface area contributed by atoms with E-state index in [9.17, 15) is 0 Å². The van der Waals surface area contributed by atoms with Gasteiger partial charge in [0.15, 0.2) is 0 Å². The van der Waals surface area contributed by atoms with Gasteiger partial charge in [-0.05, 0) is 31.1 Å². The highest BCUT2D eigenvalue weighted by atomic mass is 35.5. The average molecular weight is 299 g/mol. The lowest BCUT2D eigenvalue weighted by molar-refractivity contribution is 0.343. The SMILES string of the molecule is CCc1nn(C)c(CC(NN)C2CCC(CC)C2)c1Cl. The number of aryl methyl sites for hydroxylation is 2. The number of nitrogens with zero attached hydrogens (tertiary/aromatic N) is 2. The fourth-order valence-electron chi connectivity index (χ4n) is 3.46. The first-order valence-electron chi connectivity index (χ1n) is 7.76. The summed E-state index contributed by atoms with van der Waals surface area (Å²) in [7, 11) is 1.97. The molecule has 0 bridgehead atoms. The molecule has 1 aromatic heterocycles. The van der Waals surface area contributed by atoms with Gasteiger partial charge >= 0.3 is 0 Å². The van der Waals surface area contributed by atoms with Crippen LogP contribution in [-0.2, 0) is 19.9 Å². The van der Waals surface area contributed by atoms with E-state index in [1.165, 1.54) is 25.7 Å². The third-order valence-corrected chi connectivity index (χ3v) is 5.29. The van der Waals surface area contributed by atoms with Crippen molar-refractivity contribution < 1.29 is 0 Å². The van der Waals surface area contributed by atoms with E-state index in [-0.39, 0.29) is 0 Å². The first kappa shape index (κ1) is 15.8. The zero-order valence-electron chi connectivity index (χ0n) is 12.8. The summed E-state index contributed by atoms with van der Waals surface area (Å²) in [5, 5.41) is 5.31. The fraction of sp³-hybridized carbons (Fsp3) is 0.800. The zero-order chi connectivity index (χ0) is 14.7. The Balaban J connectivity index is 2.09. The first-order valence-corrected chi connectivity index (χ1v) is 8.14. The molecule has 0 saturated heterocycles. The second-order valence-electron chi connectivity index (χ2n) is 6.01. The molecule has 3 N–H and O–H groups in total. The van der Waals surface area contributed by atoms with Crippen molar-refractivity contribution in [2.75, 3.05) is 0 Å². The molecule has 1 fully saturated rings. The summed E-state index contributed by atoms with van der Waals surface area (Å²) in [4.78, 5) is 0. The summed E-state index contributed by atoms with van der Waals surface area (Å²) in [6, 6.07) is 0.296. The van der Waals surface area contributed by atoms with E-state index in [0.717, 1.165) is 35.2 Å². The molecule has 0 amide bonds. The number of rotatable bonds is 6. The Labute approximate surface area is 127 Å². The Bertz CT molecular complexity index is 443. The van der Waals surface area contributed by atoms with Crippen molar-refractivity contribution in [2.45, 2.75) is 58.4 Å². The maximum absolute atomic E-state index is 6.44. The Kier molecular flexibility index (Phi) is 5.47. The molecule has 0 radical (unpaired) electrons. The number of nitrogens with one attached hydrogen (secondary N) is 1. The maximum atomic E-state index is 6.44. The molecule has 114 valence electrons. The van der Waals surface area contributed by atoms with Gasteiger partial charge in [0.1, 0.15) is 0 Å². The van der Waals surface area contributed by atoms with E-state index < -0.39 is 0 Å². The summed E-state index contributed by atoms with van der Waals surface area (Å²) in [5.41, 5.74) is 5.11. The molecule has 1 aromatic rings. The summed E-state index contributed by atoms with van der Waals surface area (Å²) in [5.74, 6) is 7.32. The van der Waals surface area contributed by atoms with E-state index in [4.69, 9.17) is 17.4 Å². The van der Waals surface area contributed by atoms with Gasteiger partial charge in [0.05, 0.1) is 16.4 Å². The van der Waals surface area contributed by atoms with Gasteiger partial charge in [0.25, 0.3) is 0 Å². The van der Waals surface area contributed by atoms with Gasteiger partial charge in [-0.3, -0.25) is 16.0 Å². The van der Waals surface area contributed by atoms with Crippen molar-refractivity contribution in [3.05, 3.63) is 16.4 Å². The van der Waals surface area contributed by atoms with Crippen LogP contribution in [0.5, 0.6) is 0 Å². The minimum absolute atomic E-state index is 0.296. The molecule has 20 heavy (non-hydrogen) atoms. The summed E-state index contributed by atoms with van der Waals surface area (Å²) in [6.45, 7) is 4.36. The Hall–Kier alpha value is -0.580. The van der Waals surface area contributed by atoms with Crippen LogP contribution in [0.2, 0.25) is 5.02 Å². The Morgan fingerprint density at radius 3 is 2.70 bits per heavy atom. The normalized spacial score (nSPS) is 24.2. The van der Waals surface area contributed by atoms with Crippen molar-refractivity contribution in [1.29, 1.82) is 0 Å². The lowest BCUT2D eigenvalue weighted by atomic mass is 9.93. The van der Waals surface area contributed by atoms with Crippen LogP contribution in [0, 0.1) is 11.8 Å². The monoisotopic (exact) mass is 298 g/mol. The predicted octanol–water partition coefficient (Wildman–Crippen LogP) is 2.84. The number of aromatic nitrogens is 2. The van der Waals surface area contributed by atoms with Gasteiger partial charge in [-0.15, -0.1) is 0 Å². The summed E-state index contributed by atoms with van der Waals surface area (Å²) in [6.07, 6.45) is 6.89. The number of nitrogens with two attached hydrogens (primary N) is 1. The number of halogens is 1. The van der Waals surface area contributed by atoms with Crippen molar-refractivity contribution in [1.82, 2.24) is 15.2 Å². The molecule has 1 aliphatic carbocycles. The van der Waals surface area contributed by atoms with Gasteiger partial charge < -0.3 is 0 Å². The third-order valence-electron chi connectivity index (χ3n) is 4.86. The van der Waals surface area contributed by atoms with Gasteiger partial charge in [0.2, 0.25) is 0 Å². The molecule has 4 nitrogen and oxygen atoms in total. The molecule has 1 saturated carbocycles. The highest BCUT2D eigenvalue weighted by molar-refractivity contribution is 6.31. The quantitative estimate of drug-likeness (QED) is 0.627. The summed E-state index contributed by atoms with van der Waals surface area (Å²) < 4.78 is 1.91. The molecule has 0 spiro atoms. The van der Waals surface area contributed by atoms with Gasteiger partial charge in [-0.25, -0.2) is 0 Å². The molecule has 2 rings (SSSR count). The largest absolute Gasteiger partial charge is 0.271 e. The van der Waals surface area contributed by atoms with E-state index in [2.05, 4.69) is 24.4 Å². The lowest BCUT2D eigenvalue weighted by Crippen LogP contribution is -2.42. The fourth-order valence-corrected chi connectivity index (χ4v) is 3.83. The van der Waals surface area contributed by atoms with Crippen LogP contribution in [0.3, 0.4) is 0 Å². The molecular formula is C15H27ClN4. The van der Waals surface area contributed by atoms with E-state index in [1.807, 2.05) is 11.7 Å². The molecule has 1 aliphatic rings. The predicted molar refractivity (Wildman–Crippen MR) is 83.5 cm³/mol. The Morgan fingerprint density at radius 1 is 1.45 bits per heavy atom. The number of hydrazine groups is 1. The lowest BCUT2D eigenvalue weighted by Gasteiger charge is -2.23. The molecular weight excluding hydrogens is 272 g/mol. The molecule has 0 aliphatic heterocycles. The molecule has 1 heterocycles. The van der Waals surface area contributed by atoms with E-state index >= 15 is 0 Å². The van der Waals surface area contributed by atoms with Crippen LogP contribution in [0.25, 0.3) is 0 Å². The van der Waals surface area contributed by atoms with Crippen LogP contribution in [0.4, 0.5) is 0 Å². The van der Waals surface area contributed by atoms with Crippen LogP contribution in [0.15, 0.2) is 0 Å². The minimum Gasteiger partial charge on any atom is -0.271 e. The van der Waals surface area contributed by atoms with Gasteiger partial charge in [-0.2, -0.15) is 5.10 Å². The van der Waals surface area contributed by atoms with E-state index in [0.29, 0.717) is 12.0 Å². The molecule has 3 unspecified atom stereocenters. The van der Waals surface area contributed by atoms with Crippen LogP contribution in [0.1, 0.15) is 50.9 Å². The second-order valence-corrected chi connectivity index (χ2v) is 6.39. The maximum Gasteiger partial charge on any atom is 0.0850 e. The standard InChI is InChI=1S/C15H27ClN4/c1-4-10-6-7-11(8-10)13(18-17)9-14-15(16)12(5-2)19-20(14)3/h10-11,13,18H,4-9,17H2,1-3H3. The highest BCUT2D eigenvalue weighted by Crippen LogP contribution is 2.36. The zero-order valence-corrected chi connectivity index (χ0v) is 13.6. The topological polar surface area (TPSA) is 55.9 Å². The van der Waals surface area contributed by atoms with E-state index in [1.54, 1.807) is 0 Å². The molecule has 5 heteroatoms. The van der Waals surface area contributed by atoms with Gasteiger partial charge in [-0.1, -0.05) is 38.3 Å². The highest BCUT2D eigenvalue weighted by Gasteiger charge is 2.30. The number of hydrogen-bond donors (Lipinski definition) is 2. The van der Waals surface area contributed by atoms with Crippen molar-refractivity contribution in [3.8, 4) is 0 Å². The first-order chi connectivity index (χ1) is 9.60. The van der Waals surface area contributed by atoms with Crippen LogP contribution < -0.4 is 11.3 Å². The van der Waals surface area contributed by atoms with Crippen LogP contribution >= 0.6 is 11.6 Å². The van der Waals surface area contributed by atoms with Crippen LogP contribution in [-0.4, -0.2) is 15.8 Å². The Morgan fingerprint density at radius 2 is 2.20 bits per heavy atom. The van der Waals surface area contributed by atoms with Gasteiger partial charge in [0, 0.05) is 19.5 Å². The third kappa shape index (κ3) is 3.18. The van der Waals surface area contributed by atoms with Crippen molar-refractivity contribution in [3.63, 3.8) is 0 Å². The smallest absolute Gasteiger partial charge is 0.0850 e. The van der Waals surface area contributed by atoms with Crippen molar-refractivity contribution in [2.24, 2.45) is 24.7 Å².